The zero-order valence-electron chi connectivity index (χ0n) is 9.43. The fourth-order valence-electron chi connectivity index (χ4n) is 1.13. The maximum Gasteiger partial charge on any atom is 0.215 e. The van der Waals surface area contributed by atoms with Crippen LogP contribution in [0.1, 0.15) is 0 Å². The molecule has 0 aliphatic carbocycles. The lowest BCUT2D eigenvalue weighted by atomic mass is 10.3. The second-order valence-corrected chi connectivity index (χ2v) is 5.30. The molecule has 0 saturated heterocycles. The highest BCUT2D eigenvalue weighted by atomic mass is 32.2. The third-order valence-electron chi connectivity index (χ3n) is 1.93. The largest absolute Gasteiger partial charge is 0.492 e. The van der Waals surface area contributed by atoms with E-state index in [9.17, 15) is 8.42 Å². The van der Waals surface area contributed by atoms with E-state index in [-0.39, 0.29) is 18.9 Å². The Bertz CT molecular complexity index is 471. The second-order valence-electron chi connectivity index (χ2n) is 3.38. The summed E-state index contributed by atoms with van der Waals surface area (Å²) < 4.78 is 30.4. The predicted octanol–water partition coefficient (Wildman–Crippen LogP) is 0.753. The number of nitrogens with two attached hydrogens (primary N) is 1. The van der Waals surface area contributed by atoms with Crippen molar-refractivity contribution in [1.29, 1.82) is 0 Å². The standard InChI is InChI=1S/C11H16N2O3S/c1-2-6-13-17(14,15)8-7-16-11-5-3-4-10(12)9-11/h2-5,9,13H,1,6-8,12H2. The maximum atomic E-state index is 11.4. The van der Waals surface area contributed by atoms with E-state index in [0.29, 0.717) is 11.4 Å². The van der Waals surface area contributed by atoms with Crippen LogP contribution in [0.25, 0.3) is 0 Å². The summed E-state index contributed by atoms with van der Waals surface area (Å²) in [5, 5.41) is 0. The minimum atomic E-state index is -3.30. The van der Waals surface area contributed by atoms with E-state index in [0.717, 1.165) is 0 Å². The van der Waals surface area contributed by atoms with Crippen LogP contribution >= 0.6 is 0 Å². The van der Waals surface area contributed by atoms with E-state index < -0.39 is 10.0 Å². The maximum absolute atomic E-state index is 11.4. The smallest absolute Gasteiger partial charge is 0.215 e. The van der Waals surface area contributed by atoms with Gasteiger partial charge in [-0.05, 0) is 12.1 Å². The molecular weight excluding hydrogens is 240 g/mol. The molecule has 0 heterocycles. The monoisotopic (exact) mass is 256 g/mol. The normalized spacial score (nSPS) is 11.1. The highest BCUT2D eigenvalue weighted by molar-refractivity contribution is 7.89. The van der Waals surface area contributed by atoms with Gasteiger partial charge in [-0.1, -0.05) is 12.1 Å². The first-order valence-electron chi connectivity index (χ1n) is 5.10. The molecular formula is C11H16N2O3S. The van der Waals surface area contributed by atoms with E-state index >= 15 is 0 Å². The Morgan fingerprint density at radius 3 is 2.88 bits per heavy atom. The fourth-order valence-corrected chi connectivity index (χ4v) is 1.95. The average molecular weight is 256 g/mol. The first-order valence-corrected chi connectivity index (χ1v) is 6.75. The zero-order valence-corrected chi connectivity index (χ0v) is 10.2. The van der Waals surface area contributed by atoms with Gasteiger partial charge in [0, 0.05) is 18.3 Å². The highest BCUT2D eigenvalue weighted by Crippen LogP contribution is 2.14. The molecule has 94 valence electrons. The van der Waals surface area contributed by atoms with Crippen molar-refractivity contribution >= 4 is 15.7 Å². The topological polar surface area (TPSA) is 81.4 Å². The van der Waals surface area contributed by atoms with Crippen molar-refractivity contribution in [2.24, 2.45) is 0 Å². The van der Waals surface area contributed by atoms with Crippen LogP contribution in [0.2, 0.25) is 0 Å². The van der Waals surface area contributed by atoms with Crippen molar-refractivity contribution in [2.75, 3.05) is 24.6 Å². The van der Waals surface area contributed by atoms with Gasteiger partial charge in [0.05, 0.1) is 5.75 Å². The molecule has 0 unspecified atom stereocenters. The Morgan fingerprint density at radius 2 is 2.24 bits per heavy atom. The van der Waals surface area contributed by atoms with Crippen molar-refractivity contribution in [3.8, 4) is 5.75 Å². The van der Waals surface area contributed by atoms with E-state index in [1.807, 2.05) is 0 Å². The number of nitrogen functional groups attached to an aromatic ring is 1. The second kappa shape index (κ2) is 6.27. The van der Waals surface area contributed by atoms with Crippen LogP contribution in [0.15, 0.2) is 36.9 Å². The molecule has 0 saturated carbocycles. The summed E-state index contributed by atoms with van der Waals surface area (Å²) in [7, 11) is -3.30. The van der Waals surface area contributed by atoms with Gasteiger partial charge in [-0.2, -0.15) is 0 Å². The van der Waals surface area contributed by atoms with Gasteiger partial charge in [0.15, 0.2) is 0 Å². The lowest BCUT2D eigenvalue weighted by Crippen LogP contribution is -2.29. The minimum absolute atomic E-state index is 0.0793. The van der Waals surface area contributed by atoms with Crippen LogP contribution in [0.3, 0.4) is 0 Å². The summed E-state index contributed by atoms with van der Waals surface area (Å²) >= 11 is 0. The summed E-state index contributed by atoms with van der Waals surface area (Å²) in [6.45, 7) is 3.73. The summed E-state index contributed by atoms with van der Waals surface area (Å²) in [5.41, 5.74) is 6.14. The third-order valence-corrected chi connectivity index (χ3v) is 3.24. The van der Waals surface area contributed by atoms with Crippen LogP contribution < -0.4 is 15.2 Å². The van der Waals surface area contributed by atoms with Gasteiger partial charge < -0.3 is 10.5 Å². The lowest BCUT2D eigenvalue weighted by molar-refractivity contribution is 0.340. The Kier molecular flexibility index (Phi) is 4.99. The van der Waals surface area contributed by atoms with Gasteiger partial charge in [-0.25, -0.2) is 13.1 Å². The van der Waals surface area contributed by atoms with E-state index in [1.165, 1.54) is 6.08 Å². The number of anilines is 1. The molecule has 6 heteroatoms. The third kappa shape index (κ3) is 5.37. The van der Waals surface area contributed by atoms with Crippen LogP contribution in [-0.2, 0) is 10.0 Å². The Morgan fingerprint density at radius 1 is 1.47 bits per heavy atom. The summed E-state index contributed by atoms with van der Waals surface area (Å²) in [4.78, 5) is 0. The SMILES string of the molecule is C=CCNS(=O)(=O)CCOc1cccc(N)c1. The van der Waals surface area contributed by atoms with Crippen LogP contribution in [-0.4, -0.2) is 27.3 Å². The van der Waals surface area contributed by atoms with Crippen molar-refractivity contribution in [3.05, 3.63) is 36.9 Å². The van der Waals surface area contributed by atoms with Crippen LogP contribution in [0.4, 0.5) is 5.69 Å². The predicted molar refractivity (Wildman–Crippen MR) is 68.3 cm³/mol. The van der Waals surface area contributed by atoms with Gasteiger partial charge in [-0.15, -0.1) is 6.58 Å². The first kappa shape index (κ1) is 13.5. The molecule has 1 aromatic rings. The molecule has 0 fully saturated rings. The average Bonchev–Trinajstić information content (AvgIpc) is 2.26. The molecule has 17 heavy (non-hydrogen) atoms. The zero-order chi connectivity index (χ0) is 12.7. The highest BCUT2D eigenvalue weighted by Gasteiger charge is 2.08. The molecule has 0 spiro atoms. The quantitative estimate of drug-likeness (QED) is 0.557. The van der Waals surface area contributed by atoms with Crippen molar-refractivity contribution < 1.29 is 13.2 Å². The van der Waals surface area contributed by atoms with Gasteiger partial charge in [-0.3, -0.25) is 0 Å². The number of hydrogen-bond acceptors (Lipinski definition) is 4. The van der Waals surface area contributed by atoms with E-state index in [1.54, 1.807) is 24.3 Å². The number of rotatable bonds is 7. The molecule has 0 amide bonds. The van der Waals surface area contributed by atoms with Crippen LogP contribution in [0, 0.1) is 0 Å². The minimum Gasteiger partial charge on any atom is -0.492 e. The number of sulfonamides is 1. The van der Waals surface area contributed by atoms with Crippen molar-refractivity contribution in [1.82, 2.24) is 4.72 Å². The van der Waals surface area contributed by atoms with Gasteiger partial charge in [0.25, 0.3) is 0 Å². The Labute approximate surface area is 101 Å². The van der Waals surface area contributed by atoms with Crippen LogP contribution in [0.5, 0.6) is 5.75 Å². The molecule has 0 atom stereocenters. The molecule has 0 aromatic heterocycles. The molecule has 5 nitrogen and oxygen atoms in total. The van der Waals surface area contributed by atoms with E-state index in [2.05, 4.69) is 11.3 Å². The number of benzene rings is 1. The van der Waals surface area contributed by atoms with Gasteiger partial charge >= 0.3 is 0 Å². The number of ether oxygens (including phenoxy) is 1. The molecule has 3 N–H and O–H groups in total. The van der Waals surface area contributed by atoms with E-state index in [4.69, 9.17) is 10.5 Å². The summed E-state index contributed by atoms with van der Waals surface area (Å²) in [6.07, 6.45) is 1.48. The Hall–Kier alpha value is -1.53. The lowest BCUT2D eigenvalue weighted by Gasteiger charge is -2.07. The molecule has 0 aliphatic heterocycles. The number of nitrogens with one attached hydrogen (secondary N) is 1. The molecule has 0 radical (unpaired) electrons. The molecule has 0 aliphatic rings. The Balaban J connectivity index is 2.40. The molecule has 0 bridgehead atoms. The summed E-state index contributed by atoms with van der Waals surface area (Å²) in [5.74, 6) is 0.458. The molecule has 1 rings (SSSR count). The van der Waals surface area contributed by atoms with Crippen molar-refractivity contribution in [2.45, 2.75) is 0 Å². The molecule has 1 aromatic carbocycles. The number of hydrogen-bond donors (Lipinski definition) is 2. The fraction of sp³-hybridized carbons (Fsp3) is 0.273. The van der Waals surface area contributed by atoms with Gasteiger partial charge in [0.2, 0.25) is 10.0 Å². The summed E-state index contributed by atoms with van der Waals surface area (Å²) in [6, 6.07) is 6.84. The van der Waals surface area contributed by atoms with Crippen molar-refractivity contribution in [3.63, 3.8) is 0 Å². The first-order chi connectivity index (χ1) is 8.03. The van der Waals surface area contributed by atoms with Gasteiger partial charge in [0.1, 0.15) is 12.4 Å².